The molecule has 6 nitrogen and oxygen atoms in total. The van der Waals surface area contributed by atoms with Gasteiger partial charge in [-0.3, -0.25) is 14.5 Å². The highest BCUT2D eigenvalue weighted by Gasteiger charge is 2.55. The number of imide groups is 1. The molecule has 1 saturated heterocycles. The number of nitrogens with zero attached hydrogens (tertiary/aromatic N) is 1. The molecule has 1 spiro atoms. The van der Waals surface area contributed by atoms with E-state index in [4.69, 9.17) is 4.74 Å². The molecule has 3 amide bonds. The molecule has 6 heteroatoms. The van der Waals surface area contributed by atoms with Gasteiger partial charge in [-0.05, 0) is 35.3 Å². The smallest absolute Gasteiger partial charge is 0.326 e. The fraction of sp³-hybridized carbons (Fsp3) is 0.591. The molecule has 1 heterocycles. The number of urea groups is 1. The molecule has 1 N–H and O–H groups in total. The average Bonchev–Trinajstić information content (AvgIpc) is 2.87. The third kappa shape index (κ3) is 3.91. The van der Waals surface area contributed by atoms with Crippen LogP contribution >= 0.6 is 0 Å². The fourth-order valence-electron chi connectivity index (χ4n) is 4.08. The molecule has 0 radical (unpaired) electrons. The molecule has 0 bridgehead atoms. The fourth-order valence-corrected chi connectivity index (χ4v) is 4.08. The van der Waals surface area contributed by atoms with Crippen LogP contribution in [0.5, 0.6) is 0 Å². The second kappa shape index (κ2) is 7.57. The predicted molar refractivity (Wildman–Crippen MR) is 106 cm³/mol. The largest absolute Gasteiger partial charge is 0.459 e. The van der Waals surface area contributed by atoms with E-state index in [1.54, 1.807) is 0 Å². The lowest BCUT2D eigenvalue weighted by Crippen LogP contribution is -2.54. The lowest BCUT2D eigenvalue weighted by molar-refractivity contribution is -0.149. The van der Waals surface area contributed by atoms with Crippen molar-refractivity contribution < 1.29 is 19.1 Å². The maximum Gasteiger partial charge on any atom is 0.326 e. The van der Waals surface area contributed by atoms with Crippen LogP contribution in [-0.2, 0) is 26.3 Å². The highest BCUT2D eigenvalue weighted by Crippen LogP contribution is 2.38. The van der Waals surface area contributed by atoms with Gasteiger partial charge in [0, 0.05) is 0 Å². The van der Waals surface area contributed by atoms with Crippen LogP contribution in [0.25, 0.3) is 0 Å². The monoisotopic (exact) mass is 386 g/mol. The van der Waals surface area contributed by atoms with Crippen LogP contribution in [0.3, 0.4) is 0 Å². The predicted octanol–water partition coefficient (Wildman–Crippen LogP) is 3.53. The first kappa shape index (κ1) is 20.4. The Morgan fingerprint density at radius 1 is 1.21 bits per heavy atom. The molecular formula is C22H30N2O4. The van der Waals surface area contributed by atoms with E-state index >= 15 is 0 Å². The number of amides is 3. The van der Waals surface area contributed by atoms with Crippen LogP contribution in [0, 0.1) is 5.92 Å². The number of nitrogens with one attached hydrogen (secondary N) is 1. The van der Waals surface area contributed by atoms with Crippen molar-refractivity contribution in [3.63, 3.8) is 0 Å². The van der Waals surface area contributed by atoms with Gasteiger partial charge in [-0.25, -0.2) is 4.79 Å². The Morgan fingerprint density at radius 3 is 2.50 bits per heavy atom. The maximum atomic E-state index is 12.9. The number of ether oxygens (including phenoxy) is 1. The van der Waals surface area contributed by atoms with E-state index in [-0.39, 0.29) is 30.4 Å². The summed E-state index contributed by atoms with van der Waals surface area (Å²) in [6.45, 7) is 8.17. The Morgan fingerprint density at radius 2 is 1.89 bits per heavy atom. The van der Waals surface area contributed by atoms with E-state index in [2.05, 4.69) is 26.1 Å². The topological polar surface area (TPSA) is 75.7 Å². The van der Waals surface area contributed by atoms with Gasteiger partial charge in [-0.15, -0.1) is 0 Å². The molecule has 3 rings (SSSR count). The molecule has 1 aromatic carbocycles. The van der Waals surface area contributed by atoms with Gasteiger partial charge in [0.25, 0.3) is 5.91 Å². The Kier molecular flexibility index (Phi) is 5.50. The first-order valence-corrected chi connectivity index (χ1v) is 10.0. The van der Waals surface area contributed by atoms with Crippen LogP contribution < -0.4 is 5.32 Å². The summed E-state index contributed by atoms with van der Waals surface area (Å²) in [6, 6.07) is 7.41. The van der Waals surface area contributed by atoms with Crippen LogP contribution in [0.2, 0.25) is 0 Å². The summed E-state index contributed by atoms with van der Waals surface area (Å²) in [4.78, 5) is 38.5. The van der Waals surface area contributed by atoms with Gasteiger partial charge in [0.1, 0.15) is 18.7 Å². The van der Waals surface area contributed by atoms with E-state index in [1.165, 1.54) is 5.56 Å². The number of esters is 1. The summed E-state index contributed by atoms with van der Waals surface area (Å²) >= 11 is 0. The minimum atomic E-state index is -0.849. The SMILES string of the molecule is C[C@H]1CCCC[C@@]12NC(=O)N(CC(=O)OCc1ccc(C(C)(C)C)cc1)C2=O. The van der Waals surface area contributed by atoms with Crippen LogP contribution in [0.15, 0.2) is 24.3 Å². The first-order valence-electron chi connectivity index (χ1n) is 10.0. The van der Waals surface area contributed by atoms with Gasteiger partial charge in [0.05, 0.1) is 0 Å². The number of carbonyl (C=O) groups is 3. The minimum absolute atomic E-state index is 0.0604. The lowest BCUT2D eigenvalue weighted by Gasteiger charge is -2.36. The van der Waals surface area contributed by atoms with Crippen molar-refractivity contribution in [2.45, 2.75) is 70.9 Å². The first-order chi connectivity index (χ1) is 13.1. The maximum absolute atomic E-state index is 12.9. The molecule has 1 aliphatic carbocycles. The van der Waals surface area contributed by atoms with E-state index < -0.39 is 17.5 Å². The number of rotatable bonds is 4. The summed E-state index contributed by atoms with van der Waals surface area (Å²) in [5.74, 6) is -0.805. The molecule has 0 aromatic heterocycles. The zero-order valence-corrected chi connectivity index (χ0v) is 17.2. The van der Waals surface area contributed by atoms with Crippen molar-refractivity contribution in [2.75, 3.05) is 6.54 Å². The van der Waals surface area contributed by atoms with Gasteiger partial charge in [0.2, 0.25) is 0 Å². The second-order valence-electron chi connectivity index (χ2n) is 9.05. The Balaban J connectivity index is 1.57. The van der Waals surface area contributed by atoms with Crippen LogP contribution in [0.1, 0.15) is 64.5 Å². The van der Waals surface area contributed by atoms with Gasteiger partial charge in [-0.1, -0.05) is 64.8 Å². The summed E-state index contributed by atoms with van der Waals surface area (Å²) in [6.07, 6.45) is 3.49. The minimum Gasteiger partial charge on any atom is -0.459 e. The number of hydrogen-bond donors (Lipinski definition) is 1. The van der Waals surface area contributed by atoms with E-state index in [0.29, 0.717) is 6.42 Å². The summed E-state index contributed by atoms with van der Waals surface area (Å²) in [5, 5.41) is 2.85. The number of benzene rings is 1. The molecule has 1 saturated carbocycles. The van der Waals surface area contributed by atoms with Crippen molar-refractivity contribution in [1.82, 2.24) is 10.2 Å². The molecule has 1 aromatic rings. The third-order valence-corrected chi connectivity index (χ3v) is 6.01. The molecule has 2 fully saturated rings. The summed E-state index contributed by atoms with van der Waals surface area (Å²) in [7, 11) is 0. The van der Waals surface area contributed by atoms with E-state index in [1.807, 2.05) is 31.2 Å². The van der Waals surface area contributed by atoms with Crippen LogP contribution in [-0.4, -0.2) is 34.9 Å². The number of hydrogen-bond acceptors (Lipinski definition) is 4. The summed E-state index contributed by atoms with van der Waals surface area (Å²) in [5.41, 5.74) is 1.29. The molecule has 0 unspecified atom stereocenters. The normalized spacial score (nSPS) is 25.1. The third-order valence-electron chi connectivity index (χ3n) is 6.01. The lowest BCUT2D eigenvalue weighted by atomic mass is 9.73. The van der Waals surface area contributed by atoms with E-state index in [0.717, 1.165) is 29.7 Å². The number of carbonyl (C=O) groups excluding carboxylic acids is 3. The zero-order valence-electron chi connectivity index (χ0n) is 17.2. The van der Waals surface area contributed by atoms with Gasteiger partial charge in [0.15, 0.2) is 0 Å². The zero-order chi connectivity index (χ0) is 20.5. The average molecular weight is 386 g/mol. The molecule has 2 aliphatic rings. The molecule has 152 valence electrons. The Labute approximate surface area is 166 Å². The van der Waals surface area contributed by atoms with Gasteiger partial charge in [-0.2, -0.15) is 0 Å². The summed E-state index contributed by atoms with van der Waals surface area (Å²) < 4.78 is 5.30. The second-order valence-corrected chi connectivity index (χ2v) is 9.05. The molecule has 2 atom stereocenters. The van der Waals surface area contributed by atoms with Crippen molar-refractivity contribution in [1.29, 1.82) is 0 Å². The molecular weight excluding hydrogens is 356 g/mol. The Bertz CT molecular complexity index is 766. The quantitative estimate of drug-likeness (QED) is 0.634. The van der Waals surface area contributed by atoms with Crippen molar-refractivity contribution in [3.8, 4) is 0 Å². The van der Waals surface area contributed by atoms with Crippen molar-refractivity contribution >= 4 is 17.9 Å². The highest BCUT2D eigenvalue weighted by atomic mass is 16.5. The molecule has 1 aliphatic heterocycles. The standard InChI is InChI=1S/C22H30N2O4/c1-15-7-5-6-12-22(15)19(26)24(20(27)23-22)13-18(25)28-14-16-8-10-17(11-9-16)21(2,3)4/h8-11,15H,5-7,12-14H2,1-4H3,(H,23,27)/t15-,22+/m0/s1. The van der Waals surface area contributed by atoms with Gasteiger partial charge < -0.3 is 10.1 Å². The van der Waals surface area contributed by atoms with Crippen molar-refractivity contribution in [3.05, 3.63) is 35.4 Å². The Hall–Kier alpha value is -2.37. The van der Waals surface area contributed by atoms with Crippen LogP contribution in [0.4, 0.5) is 4.79 Å². The molecule has 28 heavy (non-hydrogen) atoms. The van der Waals surface area contributed by atoms with Crippen molar-refractivity contribution in [2.24, 2.45) is 5.92 Å². The van der Waals surface area contributed by atoms with Gasteiger partial charge >= 0.3 is 12.0 Å². The highest BCUT2D eigenvalue weighted by molar-refractivity contribution is 6.08. The van der Waals surface area contributed by atoms with E-state index in [9.17, 15) is 14.4 Å².